The summed E-state index contributed by atoms with van der Waals surface area (Å²) in [5, 5.41) is 4.00. The fourth-order valence-corrected chi connectivity index (χ4v) is 5.10. The summed E-state index contributed by atoms with van der Waals surface area (Å²) in [6.45, 7) is 1.80. The van der Waals surface area contributed by atoms with Crippen molar-refractivity contribution < 1.29 is 14.0 Å². The molecule has 0 radical (unpaired) electrons. The molecule has 1 aromatic rings. The number of rotatable bonds is 3. The summed E-state index contributed by atoms with van der Waals surface area (Å²) in [6.07, 6.45) is 8.58. The summed E-state index contributed by atoms with van der Waals surface area (Å²) in [5.74, 6) is 2.73. The van der Waals surface area contributed by atoms with Crippen LogP contribution in [0.2, 0.25) is 0 Å². The van der Waals surface area contributed by atoms with E-state index < -0.39 is 0 Å². The first-order valence-electron chi connectivity index (χ1n) is 7.94. The second-order valence-electron chi connectivity index (χ2n) is 7.23. The maximum atomic E-state index is 12.6. The average Bonchev–Trinajstić information content (AvgIpc) is 2.97. The van der Waals surface area contributed by atoms with E-state index in [1.807, 2.05) is 6.07 Å². The highest BCUT2D eigenvalue weighted by Crippen LogP contribution is 2.60. The van der Waals surface area contributed by atoms with Crippen LogP contribution in [-0.4, -0.2) is 11.7 Å². The lowest BCUT2D eigenvalue weighted by atomic mass is 9.49. The number of carbonyl (C=O) groups is 1. The summed E-state index contributed by atoms with van der Waals surface area (Å²) >= 11 is 0. The first-order valence-corrected chi connectivity index (χ1v) is 7.94. The highest BCUT2D eigenvalue weighted by Gasteiger charge is 2.55. The van der Waals surface area contributed by atoms with Gasteiger partial charge in [0.05, 0.1) is 11.7 Å². The monoisotopic (exact) mass is 287 g/mol. The van der Waals surface area contributed by atoms with Gasteiger partial charge in [0.25, 0.3) is 0 Å². The lowest BCUT2D eigenvalue weighted by Crippen LogP contribution is -2.50. The van der Waals surface area contributed by atoms with Gasteiger partial charge in [0.15, 0.2) is 5.76 Å². The molecule has 4 aliphatic rings. The topological polar surface area (TPSA) is 51.8 Å². The summed E-state index contributed by atoms with van der Waals surface area (Å²) in [6, 6.07) is 3.62. The fraction of sp³-hybridized carbons (Fsp3) is 0.647. The van der Waals surface area contributed by atoms with Crippen LogP contribution in [0.25, 0.3) is 0 Å². The minimum absolute atomic E-state index is 0.118. The Hall–Kier alpha value is -1.58. The van der Waals surface area contributed by atoms with Crippen LogP contribution in [0, 0.1) is 23.2 Å². The molecule has 0 aliphatic heterocycles. The van der Waals surface area contributed by atoms with Crippen LogP contribution in [0.3, 0.4) is 0 Å². The van der Waals surface area contributed by atoms with Gasteiger partial charge >= 0.3 is 5.97 Å². The van der Waals surface area contributed by atoms with Crippen molar-refractivity contribution in [3.8, 4) is 0 Å². The van der Waals surface area contributed by atoms with Gasteiger partial charge in [-0.25, -0.2) is 4.79 Å². The number of carbonyl (C=O) groups excluding carboxylic acids is 1. The van der Waals surface area contributed by atoms with E-state index >= 15 is 0 Å². The number of hydrogen-bond donors (Lipinski definition) is 0. The van der Waals surface area contributed by atoms with Crippen molar-refractivity contribution in [2.75, 3.05) is 0 Å². The molecule has 4 fully saturated rings. The predicted octanol–water partition coefficient (Wildman–Crippen LogP) is 3.76. The molecular weight excluding hydrogens is 266 g/mol. The minimum Gasteiger partial charge on any atom is -0.463 e. The summed E-state index contributed by atoms with van der Waals surface area (Å²) in [4.78, 5) is 17.9. The lowest BCUT2D eigenvalue weighted by molar-refractivity contribution is -0.171. The van der Waals surface area contributed by atoms with Crippen LogP contribution in [-0.2, 0) is 9.63 Å². The molecule has 21 heavy (non-hydrogen) atoms. The number of hydrogen-bond acceptors (Lipinski definition) is 4. The maximum Gasteiger partial charge on any atom is 0.341 e. The Morgan fingerprint density at radius 1 is 1.24 bits per heavy atom. The zero-order valence-electron chi connectivity index (χ0n) is 12.4. The Kier molecular flexibility index (Phi) is 2.95. The predicted molar refractivity (Wildman–Crippen MR) is 77.6 cm³/mol. The number of nitrogens with zero attached hydrogens (tertiary/aromatic N) is 1. The van der Waals surface area contributed by atoms with E-state index in [0.29, 0.717) is 11.5 Å². The second kappa shape index (κ2) is 4.72. The third kappa shape index (κ3) is 2.21. The summed E-state index contributed by atoms with van der Waals surface area (Å²) in [7, 11) is 0. The van der Waals surface area contributed by atoms with Gasteiger partial charge in [0.2, 0.25) is 0 Å². The van der Waals surface area contributed by atoms with E-state index in [1.54, 1.807) is 19.3 Å². The van der Waals surface area contributed by atoms with E-state index in [4.69, 9.17) is 9.25 Å². The molecule has 0 amide bonds. The zero-order valence-corrected chi connectivity index (χ0v) is 12.4. The molecule has 4 aliphatic carbocycles. The van der Waals surface area contributed by atoms with Gasteiger partial charge in [-0.05, 0) is 75.3 Å². The average molecular weight is 287 g/mol. The van der Waals surface area contributed by atoms with Crippen molar-refractivity contribution in [3.05, 3.63) is 24.2 Å². The smallest absolute Gasteiger partial charge is 0.341 e. The normalized spacial score (nSPS) is 37.8. The molecule has 4 heteroatoms. The number of oxime groups is 1. The molecule has 4 saturated carbocycles. The first kappa shape index (κ1) is 13.1. The van der Waals surface area contributed by atoms with Crippen molar-refractivity contribution >= 4 is 11.7 Å². The lowest BCUT2D eigenvalue weighted by Gasteiger charge is -2.54. The van der Waals surface area contributed by atoms with Gasteiger partial charge in [0, 0.05) is 0 Å². The van der Waals surface area contributed by atoms with Crippen LogP contribution < -0.4 is 0 Å². The highest BCUT2D eigenvalue weighted by atomic mass is 16.7. The molecular formula is C17H21NO3. The van der Waals surface area contributed by atoms with Crippen molar-refractivity contribution in [2.24, 2.45) is 28.3 Å². The van der Waals surface area contributed by atoms with E-state index in [1.165, 1.54) is 19.3 Å². The minimum atomic E-state index is -0.248. The summed E-state index contributed by atoms with van der Waals surface area (Å²) < 4.78 is 5.25. The van der Waals surface area contributed by atoms with Gasteiger partial charge in [-0.3, -0.25) is 0 Å². The van der Waals surface area contributed by atoms with Gasteiger partial charge in [-0.15, -0.1) is 0 Å². The standard InChI is InChI=1S/C17H21NO3/c1-11(15-3-2-4-20-15)18-21-16(19)17-8-12-5-13(9-17)7-14(6-12)10-17/h2-4,12-14H,5-10H2,1H3. The van der Waals surface area contributed by atoms with Gasteiger partial charge in [-0.1, -0.05) is 5.16 Å². The Bertz CT molecular complexity index is 538. The Labute approximate surface area is 124 Å². The van der Waals surface area contributed by atoms with E-state index in [0.717, 1.165) is 37.0 Å². The molecule has 5 rings (SSSR count). The van der Waals surface area contributed by atoms with Gasteiger partial charge < -0.3 is 9.25 Å². The number of furan rings is 1. The SMILES string of the molecule is CC(=NOC(=O)C12CC3CC(CC(C3)C1)C2)c1ccco1. The van der Waals surface area contributed by atoms with Crippen LogP contribution >= 0.6 is 0 Å². The molecule has 0 saturated heterocycles. The molecule has 0 spiro atoms. The van der Waals surface area contributed by atoms with Crippen LogP contribution in [0.4, 0.5) is 0 Å². The van der Waals surface area contributed by atoms with E-state index in [-0.39, 0.29) is 11.4 Å². The van der Waals surface area contributed by atoms with Crippen LogP contribution in [0.15, 0.2) is 28.0 Å². The van der Waals surface area contributed by atoms with Crippen molar-refractivity contribution in [1.82, 2.24) is 0 Å². The highest BCUT2D eigenvalue weighted by molar-refractivity contribution is 5.96. The second-order valence-corrected chi connectivity index (χ2v) is 7.23. The molecule has 0 atom stereocenters. The molecule has 0 aromatic carbocycles. The van der Waals surface area contributed by atoms with Crippen molar-refractivity contribution in [1.29, 1.82) is 0 Å². The third-order valence-electron chi connectivity index (χ3n) is 5.61. The molecule has 1 aromatic heterocycles. The van der Waals surface area contributed by atoms with Crippen molar-refractivity contribution in [2.45, 2.75) is 45.4 Å². The Morgan fingerprint density at radius 2 is 1.86 bits per heavy atom. The quantitative estimate of drug-likeness (QED) is 0.483. The first-order chi connectivity index (χ1) is 10.1. The third-order valence-corrected chi connectivity index (χ3v) is 5.61. The molecule has 0 N–H and O–H groups in total. The Morgan fingerprint density at radius 3 is 2.38 bits per heavy atom. The molecule has 4 nitrogen and oxygen atoms in total. The molecule has 112 valence electrons. The van der Waals surface area contributed by atoms with Crippen molar-refractivity contribution in [3.63, 3.8) is 0 Å². The molecule has 0 unspecified atom stereocenters. The largest absolute Gasteiger partial charge is 0.463 e. The Balaban J connectivity index is 1.49. The molecule has 1 heterocycles. The van der Waals surface area contributed by atoms with Crippen LogP contribution in [0.1, 0.15) is 51.2 Å². The maximum absolute atomic E-state index is 12.6. The fourth-order valence-electron chi connectivity index (χ4n) is 5.10. The zero-order chi connectivity index (χ0) is 14.4. The molecule has 4 bridgehead atoms. The van der Waals surface area contributed by atoms with Gasteiger partial charge in [-0.2, -0.15) is 0 Å². The van der Waals surface area contributed by atoms with Crippen LogP contribution in [0.5, 0.6) is 0 Å². The van der Waals surface area contributed by atoms with E-state index in [9.17, 15) is 4.79 Å². The summed E-state index contributed by atoms with van der Waals surface area (Å²) in [5.41, 5.74) is 0.361. The van der Waals surface area contributed by atoms with E-state index in [2.05, 4.69) is 5.16 Å². The van der Waals surface area contributed by atoms with Gasteiger partial charge in [0.1, 0.15) is 5.71 Å².